The number of hydrogen-bond donors (Lipinski definition) is 2. The predicted molar refractivity (Wildman–Crippen MR) is 101 cm³/mol. The summed E-state index contributed by atoms with van der Waals surface area (Å²) in [5.74, 6) is 0.466. The van der Waals surface area contributed by atoms with E-state index < -0.39 is 0 Å². The molecular formula is C19H21BrN2O3. The fourth-order valence-corrected chi connectivity index (χ4v) is 2.34. The Hall–Kier alpha value is -2.34. The van der Waals surface area contributed by atoms with Crippen molar-refractivity contribution in [1.82, 2.24) is 10.6 Å². The van der Waals surface area contributed by atoms with Crippen LogP contribution in [-0.2, 0) is 4.79 Å². The van der Waals surface area contributed by atoms with Crippen molar-refractivity contribution >= 4 is 27.7 Å². The van der Waals surface area contributed by atoms with Crippen LogP contribution in [0.3, 0.4) is 0 Å². The van der Waals surface area contributed by atoms with Gasteiger partial charge in [-0.05, 0) is 43.3 Å². The Balaban J connectivity index is 1.58. The first kappa shape index (κ1) is 19.0. The number of nitrogens with one attached hydrogen (secondary N) is 2. The van der Waals surface area contributed by atoms with E-state index in [0.717, 1.165) is 10.2 Å². The van der Waals surface area contributed by atoms with Crippen molar-refractivity contribution in [3.05, 3.63) is 64.1 Å². The van der Waals surface area contributed by atoms with Gasteiger partial charge in [0.25, 0.3) is 5.91 Å². The van der Waals surface area contributed by atoms with E-state index in [1.165, 1.54) is 5.56 Å². The van der Waals surface area contributed by atoms with Gasteiger partial charge in [0.2, 0.25) is 5.91 Å². The quantitative estimate of drug-likeness (QED) is 0.664. The Kier molecular flexibility index (Phi) is 7.47. The third-order valence-electron chi connectivity index (χ3n) is 3.46. The second kappa shape index (κ2) is 9.84. The molecule has 2 amide bonds. The minimum Gasteiger partial charge on any atom is -0.492 e. The van der Waals surface area contributed by atoms with E-state index in [1.807, 2.05) is 31.2 Å². The molecule has 0 fully saturated rings. The lowest BCUT2D eigenvalue weighted by Gasteiger charge is -2.09. The molecular weight excluding hydrogens is 384 g/mol. The zero-order chi connectivity index (χ0) is 18.1. The van der Waals surface area contributed by atoms with E-state index in [2.05, 4.69) is 26.6 Å². The van der Waals surface area contributed by atoms with Gasteiger partial charge in [-0.2, -0.15) is 0 Å². The molecule has 0 unspecified atom stereocenters. The van der Waals surface area contributed by atoms with Gasteiger partial charge in [-0.1, -0.05) is 33.6 Å². The molecule has 0 bridgehead atoms. The van der Waals surface area contributed by atoms with Crippen LogP contribution in [0.25, 0.3) is 0 Å². The summed E-state index contributed by atoms with van der Waals surface area (Å²) in [4.78, 5) is 23.6. The molecule has 0 atom stereocenters. The van der Waals surface area contributed by atoms with E-state index in [-0.39, 0.29) is 18.2 Å². The maximum Gasteiger partial charge on any atom is 0.251 e. The SMILES string of the molecule is Cc1ccc(OCCNC(=O)CCNC(=O)c2ccc(Br)cc2)cc1. The van der Waals surface area contributed by atoms with E-state index in [0.29, 0.717) is 25.3 Å². The number of aryl methyl sites for hydroxylation is 1. The fraction of sp³-hybridized carbons (Fsp3) is 0.263. The molecule has 25 heavy (non-hydrogen) atoms. The number of carbonyl (C=O) groups is 2. The van der Waals surface area contributed by atoms with Gasteiger partial charge in [0.1, 0.15) is 12.4 Å². The Morgan fingerprint density at radius 2 is 1.64 bits per heavy atom. The third kappa shape index (κ3) is 6.97. The van der Waals surface area contributed by atoms with Crippen LogP contribution in [-0.4, -0.2) is 31.5 Å². The monoisotopic (exact) mass is 404 g/mol. The van der Waals surface area contributed by atoms with Crippen LogP contribution in [0.1, 0.15) is 22.3 Å². The molecule has 0 radical (unpaired) electrons. The molecule has 5 nitrogen and oxygen atoms in total. The summed E-state index contributed by atoms with van der Waals surface area (Å²) >= 11 is 3.32. The Morgan fingerprint density at radius 3 is 2.32 bits per heavy atom. The lowest BCUT2D eigenvalue weighted by Crippen LogP contribution is -2.32. The second-order valence-electron chi connectivity index (χ2n) is 5.52. The topological polar surface area (TPSA) is 67.4 Å². The van der Waals surface area contributed by atoms with E-state index in [4.69, 9.17) is 4.74 Å². The summed E-state index contributed by atoms with van der Waals surface area (Å²) in [6, 6.07) is 14.8. The van der Waals surface area contributed by atoms with Crippen LogP contribution in [0.15, 0.2) is 53.0 Å². The third-order valence-corrected chi connectivity index (χ3v) is 3.99. The van der Waals surface area contributed by atoms with Gasteiger partial charge in [-0.15, -0.1) is 0 Å². The summed E-state index contributed by atoms with van der Waals surface area (Å²) in [7, 11) is 0. The van der Waals surface area contributed by atoms with Crippen molar-refractivity contribution in [3.8, 4) is 5.75 Å². The van der Waals surface area contributed by atoms with Crippen molar-refractivity contribution in [1.29, 1.82) is 0 Å². The molecule has 0 aliphatic heterocycles. The zero-order valence-corrected chi connectivity index (χ0v) is 15.6. The molecule has 2 rings (SSSR count). The highest BCUT2D eigenvalue weighted by Crippen LogP contribution is 2.11. The highest BCUT2D eigenvalue weighted by atomic mass is 79.9. The lowest BCUT2D eigenvalue weighted by molar-refractivity contribution is -0.121. The maximum atomic E-state index is 11.9. The molecule has 0 saturated heterocycles. The number of halogens is 1. The van der Waals surface area contributed by atoms with Crippen molar-refractivity contribution in [3.63, 3.8) is 0 Å². The minimum absolute atomic E-state index is 0.122. The average Bonchev–Trinajstić information content (AvgIpc) is 2.61. The van der Waals surface area contributed by atoms with Gasteiger partial charge in [-0.25, -0.2) is 0 Å². The Bertz CT molecular complexity index is 700. The lowest BCUT2D eigenvalue weighted by atomic mass is 10.2. The molecule has 0 aliphatic carbocycles. The molecule has 2 N–H and O–H groups in total. The highest BCUT2D eigenvalue weighted by molar-refractivity contribution is 9.10. The summed E-state index contributed by atoms with van der Waals surface area (Å²) < 4.78 is 6.45. The fourth-order valence-electron chi connectivity index (χ4n) is 2.08. The average molecular weight is 405 g/mol. The molecule has 0 heterocycles. The Morgan fingerprint density at radius 1 is 0.960 bits per heavy atom. The molecule has 6 heteroatoms. The van der Waals surface area contributed by atoms with Crippen molar-refractivity contribution < 1.29 is 14.3 Å². The van der Waals surface area contributed by atoms with Crippen LogP contribution < -0.4 is 15.4 Å². The van der Waals surface area contributed by atoms with Gasteiger partial charge in [0, 0.05) is 23.0 Å². The van der Waals surface area contributed by atoms with Crippen LogP contribution >= 0.6 is 15.9 Å². The smallest absolute Gasteiger partial charge is 0.251 e. The largest absolute Gasteiger partial charge is 0.492 e. The number of ether oxygens (including phenoxy) is 1. The summed E-state index contributed by atoms with van der Waals surface area (Å²) in [5.41, 5.74) is 1.74. The number of hydrogen-bond acceptors (Lipinski definition) is 3. The highest BCUT2D eigenvalue weighted by Gasteiger charge is 2.06. The molecule has 0 saturated carbocycles. The first-order chi connectivity index (χ1) is 12.0. The van der Waals surface area contributed by atoms with E-state index in [1.54, 1.807) is 24.3 Å². The van der Waals surface area contributed by atoms with E-state index in [9.17, 15) is 9.59 Å². The summed E-state index contributed by atoms with van der Waals surface area (Å²) in [5, 5.41) is 5.49. The molecule has 2 aromatic rings. The van der Waals surface area contributed by atoms with Crippen LogP contribution in [0.2, 0.25) is 0 Å². The van der Waals surface area contributed by atoms with E-state index >= 15 is 0 Å². The molecule has 0 aromatic heterocycles. The van der Waals surface area contributed by atoms with Gasteiger partial charge < -0.3 is 15.4 Å². The van der Waals surface area contributed by atoms with Crippen molar-refractivity contribution in [2.75, 3.05) is 19.7 Å². The summed E-state index contributed by atoms with van der Waals surface area (Å²) in [6.45, 7) is 3.13. The zero-order valence-electron chi connectivity index (χ0n) is 14.0. The first-order valence-corrected chi connectivity index (χ1v) is 8.84. The van der Waals surface area contributed by atoms with Gasteiger partial charge in [-0.3, -0.25) is 9.59 Å². The Labute approximate surface area is 155 Å². The van der Waals surface area contributed by atoms with Crippen LogP contribution in [0, 0.1) is 6.92 Å². The predicted octanol–water partition coefficient (Wildman–Crippen LogP) is 3.07. The van der Waals surface area contributed by atoms with Gasteiger partial charge in [0.05, 0.1) is 6.54 Å². The minimum atomic E-state index is -0.192. The van der Waals surface area contributed by atoms with Crippen molar-refractivity contribution in [2.45, 2.75) is 13.3 Å². The van der Waals surface area contributed by atoms with Gasteiger partial charge >= 0.3 is 0 Å². The van der Waals surface area contributed by atoms with Crippen LogP contribution in [0.5, 0.6) is 5.75 Å². The maximum absolute atomic E-state index is 11.9. The number of carbonyl (C=O) groups excluding carboxylic acids is 2. The number of rotatable bonds is 8. The molecule has 2 aromatic carbocycles. The van der Waals surface area contributed by atoms with Crippen LogP contribution in [0.4, 0.5) is 0 Å². The second-order valence-corrected chi connectivity index (χ2v) is 6.44. The molecule has 132 valence electrons. The molecule has 0 spiro atoms. The number of amides is 2. The van der Waals surface area contributed by atoms with Gasteiger partial charge in [0.15, 0.2) is 0 Å². The first-order valence-electron chi connectivity index (χ1n) is 8.04. The number of benzene rings is 2. The van der Waals surface area contributed by atoms with Crippen molar-refractivity contribution in [2.24, 2.45) is 0 Å². The standard InChI is InChI=1S/C19H21BrN2O3/c1-14-2-8-17(9-3-14)25-13-12-21-18(23)10-11-22-19(24)15-4-6-16(20)7-5-15/h2-9H,10-13H2,1H3,(H,21,23)(H,22,24). The normalized spacial score (nSPS) is 10.2. The summed E-state index contributed by atoms with van der Waals surface area (Å²) in [6.07, 6.45) is 0.229. The molecule has 0 aliphatic rings.